The zero-order valence-corrected chi connectivity index (χ0v) is 12.1. The lowest BCUT2D eigenvalue weighted by Gasteiger charge is -2.45. The molecule has 102 valence electrons. The Balaban J connectivity index is 2.22. The Morgan fingerprint density at radius 1 is 1.22 bits per heavy atom. The third kappa shape index (κ3) is 2.48. The van der Waals surface area contributed by atoms with Crippen LogP contribution in [0.15, 0.2) is 12.2 Å². The smallest absolute Gasteiger partial charge is 0.309 e. The van der Waals surface area contributed by atoms with E-state index in [2.05, 4.69) is 32.9 Å². The summed E-state index contributed by atoms with van der Waals surface area (Å²) in [5, 5.41) is 0. The van der Waals surface area contributed by atoms with E-state index in [1.165, 1.54) is 12.8 Å². The Labute approximate surface area is 111 Å². The van der Waals surface area contributed by atoms with Crippen LogP contribution < -0.4 is 0 Å². The van der Waals surface area contributed by atoms with Crippen molar-refractivity contribution < 1.29 is 9.53 Å². The summed E-state index contributed by atoms with van der Waals surface area (Å²) in [5.41, 5.74) is 0. The molecular formula is C16H26O2. The zero-order chi connectivity index (χ0) is 13.3. The van der Waals surface area contributed by atoms with Crippen LogP contribution in [0, 0.1) is 35.5 Å². The van der Waals surface area contributed by atoms with Gasteiger partial charge < -0.3 is 4.74 Å². The van der Waals surface area contributed by atoms with Gasteiger partial charge in [-0.05, 0) is 49.4 Å². The number of esters is 1. The molecule has 2 heteroatoms. The molecule has 0 spiro atoms. The molecule has 1 fully saturated rings. The highest BCUT2D eigenvalue weighted by Gasteiger charge is 2.45. The summed E-state index contributed by atoms with van der Waals surface area (Å²) in [4.78, 5) is 12.2. The maximum absolute atomic E-state index is 12.2. The molecule has 0 aromatic rings. The number of carbonyl (C=O) groups excluding carboxylic acids is 1. The highest BCUT2D eigenvalue weighted by atomic mass is 16.5. The lowest BCUT2D eigenvalue weighted by atomic mass is 9.59. The minimum absolute atomic E-state index is 0.0192. The molecule has 0 bridgehead atoms. The topological polar surface area (TPSA) is 26.3 Å². The fraction of sp³-hybridized carbons (Fsp3) is 0.812. The van der Waals surface area contributed by atoms with Gasteiger partial charge in [-0.3, -0.25) is 4.79 Å². The van der Waals surface area contributed by atoms with Crippen molar-refractivity contribution in [1.82, 2.24) is 0 Å². The molecule has 6 atom stereocenters. The molecule has 1 saturated carbocycles. The Kier molecular flexibility index (Phi) is 4.14. The molecule has 2 aliphatic carbocycles. The van der Waals surface area contributed by atoms with Gasteiger partial charge in [-0.25, -0.2) is 0 Å². The Morgan fingerprint density at radius 2 is 1.94 bits per heavy atom. The molecule has 0 saturated heterocycles. The van der Waals surface area contributed by atoms with Crippen LogP contribution in [0.3, 0.4) is 0 Å². The molecule has 0 aromatic carbocycles. The number of ether oxygens (including phenoxy) is 1. The van der Waals surface area contributed by atoms with Crippen LogP contribution in [0.4, 0.5) is 0 Å². The molecule has 0 aliphatic heterocycles. The van der Waals surface area contributed by atoms with E-state index in [9.17, 15) is 4.79 Å². The minimum atomic E-state index is 0.0192. The summed E-state index contributed by atoms with van der Waals surface area (Å²) in [7, 11) is 0. The van der Waals surface area contributed by atoms with E-state index in [0.29, 0.717) is 30.3 Å². The first-order valence-electron chi connectivity index (χ1n) is 7.39. The predicted octanol–water partition coefficient (Wildman–Crippen LogP) is 3.67. The van der Waals surface area contributed by atoms with Gasteiger partial charge in [0.05, 0.1) is 12.5 Å². The lowest BCUT2D eigenvalue weighted by molar-refractivity contribution is -0.154. The van der Waals surface area contributed by atoms with Crippen molar-refractivity contribution >= 4 is 5.97 Å². The Hall–Kier alpha value is -0.790. The highest BCUT2D eigenvalue weighted by Crippen LogP contribution is 2.47. The number of hydrogen-bond acceptors (Lipinski definition) is 2. The molecule has 2 aliphatic rings. The van der Waals surface area contributed by atoms with Crippen molar-refractivity contribution in [2.45, 2.75) is 40.5 Å². The fourth-order valence-electron chi connectivity index (χ4n) is 4.16. The van der Waals surface area contributed by atoms with Crippen molar-refractivity contribution in [3.05, 3.63) is 12.2 Å². The van der Waals surface area contributed by atoms with Crippen molar-refractivity contribution in [2.24, 2.45) is 35.5 Å². The summed E-state index contributed by atoms with van der Waals surface area (Å²) in [6.07, 6.45) is 7.07. The second-order valence-corrected chi connectivity index (χ2v) is 6.32. The molecular weight excluding hydrogens is 224 g/mol. The molecule has 0 amide bonds. The molecule has 0 N–H and O–H groups in total. The maximum Gasteiger partial charge on any atom is 0.309 e. The average Bonchev–Trinajstić information content (AvgIpc) is 2.29. The van der Waals surface area contributed by atoms with E-state index in [-0.39, 0.29) is 11.9 Å². The van der Waals surface area contributed by atoms with Crippen molar-refractivity contribution in [1.29, 1.82) is 0 Å². The predicted molar refractivity (Wildman–Crippen MR) is 73.0 cm³/mol. The molecule has 0 heterocycles. The summed E-state index contributed by atoms with van der Waals surface area (Å²) >= 11 is 0. The van der Waals surface area contributed by atoms with Crippen LogP contribution in [0.1, 0.15) is 40.5 Å². The first-order chi connectivity index (χ1) is 8.54. The van der Waals surface area contributed by atoms with Gasteiger partial charge in [-0.1, -0.05) is 32.9 Å². The lowest BCUT2D eigenvalue weighted by Crippen LogP contribution is -2.43. The van der Waals surface area contributed by atoms with E-state index in [1.807, 2.05) is 6.92 Å². The standard InChI is InChI=1S/C16H26O2/c1-5-18-16(17)15-11(3)6-7-13-9-10(2)8-12(4)14(13)15/h6-7,10-15H,5,8-9H2,1-4H3/t10-,11-,12+,13?,14-,15-/m0/s1. The van der Waals surface area contributed by atoms with Crippen molar-refractivity contribution in [3.8, 4) is 0 Å². The molecule has 18 heavy (non-hydrogen) atoms. The molecule has 0 aromatic heterocycles. The second-order valence-electron chi connectivity index (χ2n) is 6.32. The zero-order valence-electron chi connectivity index (χ0n) is 12.1. The summed E-state index contributed by atoms with van der Waals surface area (Å²) in [5.74, 6) is 2.88. The van der Waals surface area contributed by atoms with E-state index in [1.54, 1.807) is 0 Å². The average molecular weight is 250 g/mol. The summed E-state index contributed by atoms with van der Waals surface area (Å²) in [6.45, 7) is 9.18. The SMILES string of the molecule is CCOC(=O)[C@@H]1[C@@H]2C(C=C[C@@H]1C)C[C@@H](C)C[C@H]2C. The Morgan fingerprint density at radius 3 is 2.61 bits per heavy atom. The quantitative estimate of drug-likeness (QED) is 0.552. The maximum atomic E-state index is 12.2. The van der Waals surface area contributed by atoms with Crippen LogP contribution >= 0.6 is 0 Å². The first kappa shape index (κ1) is 13.6. The van der Waals surface area contributed by atoms with Crippen LogP contribution in [0.5, 0.6) is 0 Å². The van der Waals surface area contributed by atoms with Gasteiger partial charge in [0.1, 0.15) is 0 Å². The van der Waals surface area contributed by atoms with Crippen molar-refractivity contribution in [3.63, 3.8) is 0 Å². The second kappa shape index (κ2) is 5.46. The summed E-state index contributed by atoms with van der Waals surface area (Å²) < 4.78 is 5.30. The third-order valence-corrected chi connectivity index (χ3v) is 4.80. The molecule has 2 nitrogen and oxygen atoms in total. The van der Waals surface area contributed by atoms with Gasteiger partial charge in [0.15, 0.2) is 0 Å². The van der Waals surface area contributed by atoms with Gasteiger partial charge >= 0.3 is 5.97 Å². The number of rotatable bonds is 2. The van der Waals surface area contributed by atoms with E-state index >= 15 is 0 Å². The van der Waals surface area contributed by atoms with Gasteiger partial charge in [0.2, 0.25) is 0 Å². The van der Waals surface area contributed by atoms with Gasteiger partial charge in [-0.2, -0.15) is 0 Å². The number of carbonyl (C=O) groups is 1. The van der Waals surface area contributed by atoms with E-state index in [0.717, 1.165) is 5.92 Å². The highest BCUT2D eigenvalue weighted by molar-refractivity contribution is 5.74. The van der Waals surface area contributed by atoms with Gasteiger partial charge in [0.25, 0.3) is 0 Å². The van der Waals surface area contributed by atoms with Crippen LogP contribution in [-0.4, -0.2) is 12.6 Å². The third-order valence-electron chi connectivity index (χ3n) is 4.80. The number of allylic oxidation sites excluding steroid dienone is 2. The van der Waals surface area contributed by atoms with Gasteiger partial charge in [-0.15, -0.1) is 0 Å². The minimum Gasteiger partial charge on any atom is -0.466 e. The van der Waals surface area contributed by atoms with Crippen molar-refractivity contribution in [2.75, 3.05) is 6.61 Å². The van der Waals surface area contributed by atoms with Crippen LogP contribution in [-0.2, 0) is 9.53 Å². The van der Waals surface area contributed by atoms with E-state index in [4.69, 9.17) is 4.74 Å². The number of fused-ring (bicyclic) bond motifs is 1. The largest absolute Gasteiger partial charge is 0.466 e. The number of hydrogen-bond donors (Lipinski definition) is 0. The molecule has 1 unspecified atom stereocenters. The molecule has 2 rings (SSSR count). The Bertz CT molecular complexity index is 334. The fourth-order valence-corrected chi connectivity index (χ4v) is 4.16. The normalized spacial score (nSPS) is 43.3. The first-order valence-corrected chi connectivity index (χ1v) is 7.39. The monoisotopic (exact) mass is 250 g/mol. The summed E-state index contributed by atoms with van der Waals surface area (Å²) in [6, 6.07) is 0. The van der Waals surface area contributed by atoms with E-state index < -0.39 is 0 Å². The van der Waals surface area contributed by atoms with Crippen LogP contribution in [0.2, 0.25) is 0 Å². The molecule has 0 radical (unpaired) electrons. The van der Waals surface area contributed by atoms with Crippen LogP contribution in [0.25, 0.3) is 0 Å². The van der Waals surface area contributed by atoms with Gasteiger partial charge in [0, 0.05) is 0 Å².